The van der Waals surface area contributed by atoms with Crippen LogP contribution in [-0.4, -0.2) is 38.8 Å². The molecule has 3 aromatic carbocycles. The summed E-state index contributed by atoms with van der Waals surface area (Å²) in [6.07, 6.45) is 1.10. The normalized spacial score (nSPS) is 10.4. The summed E-state index contributed by atoms with van der Waals surface area (Å²) < 4.78 is 0. The van der Waals surface area contributed by atoms with Gasteiger partial charge in [-0.2, -0.15) is 0 Å². The van der Waals surface area contributed by atoms with Crippen LogP contribution in [0.5, 0.6) is 0 Å². The maximum atomic E-state index is 6.02. The molecule has 2 N–H and O–H groups in total. The van der Waals surface area contributed by atoms with Gasteiger partial charge >= 0.3 is 0 Å². The highest BCUT2D eigenvalue weighted by molar-refractivity contribution is 6.95. The van der Waals surface area contributed by atoms with Crippen LogP contribution >= 0.6 is 34.8 Å². The molecule has 0 atom stereocenters. The van der Waals surface area contributed by atoms with Crippen molar-refractivity contribution in [3.63, 3.8) is 0 Å². The monoisotopic (exact) mass is 446 g/mol. The molecule has 0 radical (unpaired) electrons. The van der Waals surface area contributed by atoms with Gasteiger partial charge in [-0.1, -0.05) is 87.6 Å². The first kappa shape index (κ1) is 23.8. The van der Waals surface area contributed by atoms with E-state index in [0.717, 1.165) is 34.6 Å². The van der Waals surface area contributed by atoms with Gasteiger partial charge in [0.1, 0.15) is 0 Å². The second-order valence-electron chi connectivity index (χ2n) is 7.03. The fraction of sp³-hybridized carbons (Fsp3) is 0.217. The van der Waals surface area contributed by atoms with Crippen molar-refractivity contribution in [1.29, 1.82) is 0 Å². The SMILES string of the molecule is CN(C)CCCN.Clc1ccc(B(c2ccc(Cl)cc2)c2ccc(Cl)cc2)cc1. The minimum absolute atomic E-state index is 0.117. The van der Waals surface area contributed by atoms with Crippen LogP contribution in [0.25, 0.3) is 0 Å². The fourth-order valence-electron chi connectivity index (χ4n) is 2.95. The van der Waals surface area contributed by atoms with E-state index in [-0.39, 0.29) is 6.71 Å². The summed E-state index contributed by atoms with van der Waals surface area (Å²) in [5, 5.41) is 2.19. The Balaban J connectivity index is 0.000000370. The molecule has 0 aliphatic carbocycles. The van der Waals surface area contributed by atoms with Gasteiger partial charge in [-0.25, -0.2) is 0 Å². The smallest absolute Gasteiger partial charge is 0.241 e. The van der Waals surface area contributed by atoms with Crippen molar-refractivity contribution in [3.05, 3.63) is 87.9 Å². The van der Waals surface area contributed by atoms with Crippen molar-refractivity contribution >= 4 is 57.9 Å². The molecule has 6 heteroatoms. The second-order valence-corrected chi connectivity index (χ2v) is 8.34. The zero-order valence-corrected chi connectivity index (χ0v) is 19.1. The first-order valence-electron chi connectivity index (χ1n) is 9.52. The van der Waals surface area contributed by atoms with Crippen LogP contribution < -0.4 is 22.1 Å². The number of benzene rings is 3. The van der Waals surface area contributed by atoms with E-state index in [1.165, 1.54) is 16.4 Å². The number of hydrogen-bond acceptors (Lipinski definition) is 2. The van der Waals surface area contributed by atoms with Gasteiger partial charge in [-0.15, -0.1) is 0 Å². The van der Waals surface area contributed by atoms with E-state index < -0.39 is 0 Å². The summed E-state index contributed by atoms with van der Waals surface area (Å²) in [4.78, 5) is 2.13. The summed E-state index contributed by atoms with van der Waals surface area (Å²) in [7, 11) is 4.10. The molecular weight excluding hydrogens is 421 g/mol. The van der Waals surface area contributed by atoms with Crippen molar-refractivity contribution in [3.8, 4) is 0 Å². The zero-order valence-electron chi connectivity index (χ0n) is 16.8. The van der Waals surface area contributed by atoms with E-state index in [2.05, 4.69) is 55.4 Å². The van der Waals surface area contributed by atoms with Gasteiger partial charge in [-0.3, -0.25) is 0 Å². The minimum Gasteiger partial charge on any atom is -0.330 e. The maximum Gasteiger partial charge on any atom is 0.241 e. The first-order valence-corrected chi connectivity index (χ1v) is 10.6. The van der Waals surface area contributed by atoms with Crippen molar-refractivity contribution in [1.82, 2.24) is 4.90 Å². The molecule has 0 unspecified atom stereocenters. The maximum absolute atomic E-state index is 6.02. The largest absolute Gasteiger partial charge is 0.330 e. The van der Waals surface area contributed by atoms with Gasteiger partial charge in [0, 0.05) is 15.1 Å². The van der Waals surface area contributed by atoms with Crippen molar-refractivity contribution in [2.24, 2.45) is 5.73 Å². The highest BCUT2D eigenvalue weighted by Crippen LogP contribution is 2.09. The van der Waals surface area contributed by atoms with Gasteiger partial charge in [0.15, 0.2) is 0 Å². The molecule has 0 spiro atoms. The molecule has 3 aromatic rings. The predicted octanol–water partition coefficient (Wildman–Crippen LogP) is 4.06. The molecule has 0 saturated heterocycles. The molecule has 0 fully saturated rings. The number of nitrogens with zero attached hydrogens (tertiary/aromatic N) is 1. The lowest BCUT2D eigenvalue weighted by atomic mass is 9.37. The lowest BCUT2D eigenvalue weighted by Gasteiger charge is -2.16. The topological polar surface area (TPSA) is 29.3 Å². The molecule has 152 valence electrons. The Morgan fingerprint density at radius 3 is 1.17 bits per heavy atom. The van der Waals surface area contributed by atoms with E-state index in [0.29, 0.717) is 0 Å². The Bertz CT molecular complexity index is 743. The molecule has 0 aromatic heterocycles. The molecule has 0 aliphatic heterocycles. The number of hydrogen-bond donors (Lipinski definition) is 1. The van der Waals surface area contributed by atoms with E-state index in [1.807, 2.05) is 36.4 Å². The lowest BCUT2D eigenvalue weighted by molar-refractivity contribution is 0.403. The van der Waals surface area contributed by atoms with Crippen molar-refractivity contribution in [2.45, 2.75) is 6.42 Å². The molecule has 29 heavy (non-hydrogen) atoms. The highest BCUT2D eigenvalue weighted by Gasteiger charge is 2.21. The molecule has 0 saturated carbocycles. The van der Waals surface area contributed by atoms with Gasteiger partial charge in [0.2, 0.25) is 6.71 Å². The number of nitrogens with two attached hydrogens (primary N) is 1. The summed E-state index contributed by atoms with van der Waals surface area (Å²) in [6, 6.07) is 23.8. The third kappa shape index (κ3) is 8.04. The van der Waals surface area contributed by atoms with E-state index in [1.54, 1.807) is 0 Å². The summed E-state index contributed by atoms with van der Waals surface area (Å²) >= 11 is 18.0. The fourth-order valence-corrected chi connectivity index (χ4v) is 3.33. The minimum atomic E-state index is 0.117. The van der Waals surface area contributed by atoms with Crippen molar-refractivity contribution < 1.29 is 0 Å². The van der Waals surface area contributed by atoms with E-state index in [9.17, 15) is 0 Å². The van der Waals surface area contributed by atoms with Crippen LogP contribution in [0.1, 0.15) is 6.42 Å². The summed E-state index contributed by atoms with van der Waals surface area (Å²) in [5.74, 6) is 0. The Morgan fingerprint density at radius 1 is 0.655 bits per heavy atom. The Morgan fingerprint density at radius 2 is 0.966 bits per heavy atom. The predicted molar refractivity (Wildman–Crippen MR) is 131 cm³/mol. The van der Waals surface area contributed by atoms with Gasteiger partial charge in [0.25, 0.3) is 0 Å². The highest BCUT2D eigenvalue weighted by atomic mass is 35.5. The van der Waals surface area contributed by atoms with Gasteiger partial charge < -0.3 is 10.6 Å². The van der Waals surface area contributed by atoms with Crippen molar-refractivity contribution in [2.75, 3.05) is 27.2 Å². The Hall–Kier alpha value is -1.49. The van der Waals surface area contributed by atoms with E-state index in [4.69, 9.17) is 40.5 Å². The average Bonchev–Trinajstić information content (AvgIpc) is 2.71. The summed E-state index contributed by atoms with van der Waals surface area (Å²) in [6.45, 7) is 2.03. The molecule has 3 rings (SSSR count). The quantitative estimate of drug-likeness (QED) is 0.578. The third-order valence-electron chi connectivity index (χ3n) is 4.42. The molecule has 0 aliphatic rings. The second kappa shape index (κ2) is 12.3. The lowest BCUT2D eigenvalue weighted by Crippen LogP contribution is -2.51. The van der Waals surface area contributed by atoms with E-state index >= 15 is 0 Å². The third-order valence-corrected chi connectivity index (χ3v) is 5.18. The molecule has 0 amide bonds. The molecule has 2 nitrogen and oxygen atoms in total. The van der Waals surface area contributed by atoms with Crippen LogP contribution in [0.3, 0.4) is 0 Å². The number of rotatable bonds is 6. The molecule has 0 bridgehead atoms. The van der Waals surface area contributed by atoms with Crippen LogP contribution in [0.2, 0.25) is 15.1 Å². The Kier molecular flexibility index (Phi) is 10.1. The standard InChI is InChI=1S/C18H12BCl3.C5H14N2/c20-16-7-1-13(2-8-16)19(14-3-9-17(21)10-4-14)15-5-11-18(22)12-6-15;1-7(2)5-3-4-6/h1-12H;3-6H2,1-2H3. The molecule has 0 heterocycles. The zero-order chi connectivity index (χ0) is 21.2. The average molecular weight is 448 g/mol. The van der Waals surface area contributed by atoms with Crippen LogP contribution in [0, 0.1) is 0 Å². The Labute approximate surface area is 189 Å². The molecular formula is C23H26BCl3N2. The van der Waals surface area contributed by atoms with Crippen LogP contribution in [0.15, 0.2) is 72.8 Å². The van der Waals surface area contributed by atoms with Crippen LogP contribution in [-0.2, 0) is 0 Å². The number of halogens is 3. The summed E-state index contributed by atoms with van der Waals surface area (Å²) in [5.41, 5.74) is 8.78. The first-order chi connectivity index (χ1) is 13.9. The van der Waals surface area contributed by atoms with Gasteiger partial charge in [-0.05, 0) is 70.0 Å². The van der Waals surface area contributed by atoms with Gasteiger partial charge in [0.05, 0.1) is 0 Å². The van der Waals surface area contributed by atoms with Crippen LogP contribution in [0.4, 0.5) is 0 Å².